The average molecular weight is 831 g/mol. The molecule has 1 amide bonds. The molecule has 328 valence electrons. The summed E-state index contributed by atoms with van der Waals surface area (Å²) in [4.78, 5) is 52.2. The molecule has 5 N–H and O–H groups in total. The van der Waals surface area contributed by atoms with Gasteiger partial charge in [0.15, 0.2) is 11.4 Å². The van der Waals surface area contributed by atoms with E-state index in [9.17, 15) is 29.7 Å². The summed E-state index contributed by atoms with van der Waals surface area (Å²) in [5.74, 6) is -2.44. The molecule has 2 aromatic rings. The van der Waals surface area contributed by atoms with Crippen molar-refractivity contribution in [3.8, 4) is 30.1 Å². The fourth-order valence-electron chi connectivity index (χ4n) is 8.25. The van der Waals surface area contributed by atoms with E-state index in [1.165, 1.54) is 6.92 Å². The molecule has 2 aromatic carbocycles. The summed E-state index contributed by atoms with van der Waals surface area (Å²) in [5, 5.41) is 46.1. The number of terminal acetylenes is 1. The number of fused-ring (bicyclic) bond motifs is 13. The molecule has 4 aliphatic rings. The number of likely N-dealkylation sites (N-methyl/N-ethyl adjacent to an activating group) is 1. The van der Waals surface area contributed by atoms with Crippen LogP contribution in [0.1, 0.15) is 96.5 Å². The van der Waals surface area contributed by atoms with Crippen molar-refractivity contribution in [3.63, 3.8) is 0 Å². The largest absolute Gasteiger partial charge is 0.507 e. The number of allylic oxidation sites excluding steroid dienone is 4. The number of amides is 1. The number of aliphatic hydroxyl groups excluding tert-OH is 2. The topological polar surface area (TPSA) is 191 Å². The molecule has 0 unspecified atom stereocenters. The van der Waals surface area contributed by atoms with Gasteiger partial charge in [0.25, 0.3) is 5.91 Å². The molecule has 0 aliphatic carbocycles. The number of rotatable bonds is 1. The number of aromatic hydroxyl groups is 2. The second kappa shape index (κ2) is 22.0. The SMILES string of the molecule is C#C.CC(=O)O[C@H]1[C@H](C)[C@H](O)[C@H](C)C[C@@H](C)/C=C/C=C(/C)C(=O)N=c2c(O)c3c(O)c(C)c4c(c3c3c2=NCCN(C)CCCCN3)C(=O)[C@@](C)(C/C=C/C[C@H]1C)O4.CO. The Kier molecular flexibility index (Phi) is 18.1. The van der Waals surface area contributed by atoms with Gasteiger partial charge in [-0.25, -0.2) is 4.99 Å². The third-order valence-electron chi connectivity index (χ3n) is 11.7. The number of Topliss-reactive ketones (excluding diaryl/α,β-unsaturated/α-hetero) is 1. The smallest absolute Gasteiger partial charge is 0.302 e. The molecule has 4 aliphatic heterocycles. The van der Waals surface area contributed by atoms with Crippen LogP contribution in [-0.4, -0.2) is 101 Å². The molecule has 7 atom stereocenters. The van der Waals surface area contributed by atoms with Crippen LogP contribution in [-0.2, 0) is 14.3 Å². The molecular formula is C47H66N4O9. The minimum Gasteiger partial charge on any atom is -0.507 e. The fourth-order valence-corrected chi connectivity index (χ4v) is 8.25. The van der Waals surface area contributed by atoms with Gasteiger partial charge in [0.05, 0.1) is 29.3 Å². The van der Waals surface area contributed by atoms with E-state index >= 15 is 0 Å². The number of benzene rings is 2. The molecule has 0 saturated carbocycles. The van der Waals surface area contributed by atoms with Crippen molar-refractivity contribution in [2.75, 3.05) is 45.7 Å². The van der Waals surface area contributed by atoms with E-state index in [2.05, 4.69) is 28.1 Å². The van der Waals surface area contributed by atoms with Crippen LogP contribution in [0.3, 0.4) is 0 Å². The van der Waals surface area contributed by atoms with Crippen molar-refractivity contribution in [1.29, 1.82) is 0 Å². The van der Waals surface area contributed by atoms with Crippen molar-refractivity contribution in [1.82, 2.24) is 4.90 Å². The Morgan fingerprint density at radius 2 is 1.68 bits per heavy atom. The Bertz CT molecular complexity index is 2120. The fraction of sp³-hybridized carbons (Fsp3) is 0.553. The molecule has 0 radical (unpaired) electrons. The average Bonchev–Trinajstić information content (AvgIpc) is 3.46. The highest BCUT2D eigenvalue weighted by molar-refractivity contribution is 6.22. The van der Waals surface area contributed by atoms with Crippen LogP contribution >= 0.6 is 0 Å². The summed E-state index contributed by atoms with van der Waals surface area (Å²) in [6, 6.07) is 0. The maximum absolute atomic E-state index is 14.7. The van der Waals surface area contributed by atoms with E-state index in [1.54, 1.807) is 32.9 Å². The van der Waals surface area contributed by atoms with Gasteiger partial charge in [0, 0.05) is 56.0 Å². The minimum atomic E-state index is -1.35. The summed E-state index contributed by atoms with van der Waals surface area (Å²) in [6.07, 6.45) is 19.0. The van der Waals surface area contributed by atoms with Crippen molar-refractivity contribution >= 4 is 34.1 Å². The first-order chi connectivity index (χ1) is 28.5. The minimum absolute atomic E-state index is 0.00134. The van der Waals surface area contributed by atoms with Gasteiger partial charge in [-0.2, -0.15) is 0 Å². The molecule has 60 heavy (non-hydrogen) atoms. The number of esters is 1. The molecule has 13 heteroatoms. The molecule has 0 saturated heterocycles. The van der Waals surface area contributed by atoms with Gasteiger partial charge in [0.1, 0.15) is 28.3 Å². The second-order valence-electron chi connectivity index (χ2n) is 16.5. The number of aliphatic hydroxyl groups is 2. The maximum Gasteiger partial charge on any atom is 0.302 e. The first-order valence-corrected chi connectivity index (χ1v) is 20.8. The highest BCUT2D eigenvalue weighted by Gasteiger charge is 2.47. The summed E-state index contributed by atoms with van der Waals surface area (Å²) < 4.78 is 12.3. The Hall–Kier alpha value is -5.03. The lowest BCUT2D eigenvalue weighted by molar-refractivity contribution is -0.156. The summed E-state index contributed by atoms with van der Waals surface area (Å²) in [7, 11) is 3.02. The van der Waals surface area contributed by atoms with Crippen molar-refractivity contribution < 1.29 is 44.3 Å². The first kappa shape index (κ1) is 49.3. The molecule has 0 aromatic heterocycles. The summed E-state index contributed by atoms with van der Waals surface area (Å²) >= 11 is 0. The number of phenolic OH excluding ortho intramolecular Hbond substituents is 2. The van der Waals surface area contributed by atoms with Crippen molar-refractivity contribution in [3.05, 3.63) is 57.8 Å². The van der Waals surface area contributed by atoms with Gasteiger partial charge >= 0.3 is 5.97 Å². The number of hydrogen-bond acceptors (Lipinski definition) is 12. The summed E-state index contributed by atoms with van der Waals surface area (Å²) in [6.45, 7) is 16.6. The lowest BCUT2D eigenvalue weighted by Gasteiger charge is -2.34. The Balaban J connectivity index is 0.00000233. The van der Waals surface area contributed by atoms with Gasteiger partial charge in [-0.1, -0.05) is 58.1 Å². The van der Waals surface area contributed by atoms with E-state index in [-0.39, 0.29) is 80.0 Å². The second-order valence-corrected chi connectivity index (χ2v) is 16.5. The molecule has 0 spiro atoms. The van der Waals surface area contributed by atoms with E-state index < -0.39 is 35.4 Å². The van der Waals surface area contributed by atoms with Gasteiger partial charge < -0.3 is 40.1 Å². The van der Waals surface area contributed by atoms with Crippen LogP contribution in [0.4, 0.5) is 5.69 Å². The van der Waals surface area contributed by atoms with Crippen molar-refractivity contribution in [2.24, 2.45) is 33.7 Å². The highest BCUT2D eigenvalue weighted by Crippen LogP contribution is 2.50. The Morgan fingerprint density at radius 3 is 2.35 bits per heavy atom. The molecule has 0 fully saturated rings. The number of carbonyl (C=O) groups is 3. The number of anilines is 1. The number of ketones is 1. The monoisotopic (exact) mass is 830 g/mol. The van der Waals surface area contributed by atoms with E-state index in [1.807, 2.05) is 53.0 Å². The number of phenols is 2. The zero-order chi connectivity index (χ0) is 45.1. The molecule has 4 heterocycles. The number of ether oxygens (including phenoxy) is 2. The first-order valence-electron chi connectivity index (χ1n) is 20.8. The maximum atomic E-state index is 14.7. The van der Waals surface area contributed by atoms with Gasteiger partial charge in [-0.15, -0.1) is 12.8 Å². The molecule has 6 rings (SSSR count). The quantitative estimate of drug-likeness (QED) is 0.102. The summed E-state index contributed by atoms with van der Waals surface area (Å²) in [5.41, 5.74) is -0.150. The number of hydrogen-bond donors (Lipinski definition) is 5. The lowest BCUT2D eigenvalue weighted by atomic mass is 9.80. The van der Waals surface area contributed by atoms with Crippen LogP contribution in [0.5, 0.6) is 17.2 Å². The van der Waals surface area contributed by atoms with E-state index in [0.29, 0.717) is 43.7 Å². The van der Waals surface area contributed by atoms with Crippen LogP contribution in [0.15, 0.2) is 45.9 Å². The lowest BCUT2D eigenvalue weighted by Crippen LogP contribution is -2.40. The molecule has 5 bridgehead atoms. The Morgan fingerprint density at radius 1 is 1.00 bits per heavy atom. The van der Waals surface area contributed by atoms with Gasteiger partial charge in [-0.05, 0) is 77.8 Å². The molecule has 13 nitrogen and oxygen atoms in total. The normalized spacial score (nSPS) is 28.9. The van der Waals surface area contributed by atoms with E-state index in [0.717, 1.165) is 26.5 Å². The Labute approximate surface area is 355 Å². The van der Waals surface area contributed by atoms with Crippen LogP contribution in [0.25, 0.3) is 10.8 Å². The third kappa shape index (κ3) is 11.0. The number of nitrogens with one attached hydrogen (secondary N) is 1. The number of nitrogens with zero attached hydrogens (tertiary/aromatic N) is 3. The predicted molar refractivity (Wildman–Crippen MR) is 235 cm³/mol. The predicted octanol–water partition coefficient (Wildman–Crippen LogP) is 5.73. The van der Waals surface area contributed by atoms with Crippen molar-refractivity contribution in [2.45, 2.75) is 105 Å². The third-order valence-corrected chi connectivity index (χ3v) is 11.7. The van der Waals surface area contributed by atoms with Crippen LogP contribution in [0, 0.1) is 43.4 Å². The zero-order valence-corrected chi connectivity index (χ0v) is 37.0. The van der Waals surface area contributed by atoms with Crippen LogP contribution in [0.2, 0.25) is 0 Å². The molecular weight excluding hydrogens is 765 g/mol. The zero-order valence-electron chi connectivity index (χ0n) is 37.0. The highest BCUT2D eigenvalue weighted by atomic mass is 16.5. The number of carbonyl (C=O) groups excluding carboxylic acids is 3. The van der Waals surface area contributed by atoms with Gasteiger partial charge in [-0.3, -0.25) is 19.4 Å². The van der Waals surface area contributed by atoms with Crippen LogP contribution < -0.4 is 20.8 Å². The van der Waals surface area contributed by atoms with Gasteiger partial charge in [0.2, 0.25) is 5.78 Å². The van der Waals surface area contributed by atoms with E-state index in [4.69, 9.17) is 19.6 Å². The standard InChI is InChI=1S/C44H60N4O8.C2H2.CH4O/c1-24-15-14-17-26(3)43(54)47-36-35-34(45-19-12-13-21-48(9)22-20-46-35)31-32(39(36)52)38(51)29(6)41-33(31)42(53)44(8,56-41)18-11-10-16-25(2)40(55-30(7)49)28(5)37(50)27(4)23-24;2*1-2/h10-11,14-15,17,24-25,27-28,37,40,45,50-52H,12-13,16,18-23H2,1-9H3;1-2H;2H,1H3/b11-10+,15-14+,26-17-,46-35?,47-36?;;/t24-,25+,27+,28+,37+,40+,44+;;/m0../s1.